The van der Waals surface area contributed by atoms with E-state index in [1.165, 1.54) is 0 Å². The maximum atomic E-state index is 12.3. The quantitative estimate of drug-likeness (QED) is 0.518. The predicted octanol–water partition coefficient (Wildman–Crippen LogP) is 1.49. The second kappa shape index (κ2) is 6.15. The summed E-state index contributed by atoms with van der Waals surface area (Å²) < 4.78 is 0. The van der Waals surface area contributed by atoms with E-state index >= 15 is 0 Å². The van der Waals surface area contributed by atoms with Crippen LogP contribution in [0.1, 0.15) is 23.2 Å². The minimum atomic E-state index is -0.613. The summed E-state index contributed by atoms with van der Waals surface area (Å²) in [5.41, 5.74) is -0.216. The number of aromatic nitrogens is 1. The molecular weight excluding hydrogens is 286 g/mol. The Morgan fingerprint density at radius 1 is 1.55 bits per heavy atom. The first-order chi connectivity index (χ1) is 9.52. The second-order valence-electron chi connectivity index (χ2n) is 4.71. The predicted molar refractivity (Wildman–Crippen MR) is 71.6 cm³/mol. The Bertz CT molecular complexity index is 529. The molecule has 1 fully saturated rings. The van der Waals surface area contributed by atoms with Gasteiger partial charge in [-0.2, -0.15) is 0 Å². The smallest absolute Gasteiger partial charge is 0.288 e. The van der Waals surface area contributed by atoms with Crippen LogP contribution in [0.4, 0.5) is 5.69 Å². The first-order valence-corrected chi connectivity index (χ1v) is 6.60. The molecule has 1 saturated heterocycles. The van der Waals surface area contributed by atoms with Crippen LogP contribution in [0.3, 0.4) is 0 Å². The summed E-state index contributed by atoms with van der Waals surface area (Å²) in [5.74, 6) is -0.152. The zero-order valence-corrected chi connectivity index (χ0v) is 11.4. The van der Waals surface area contributed by atoms with E-state index in [2.05, 4.69) is 4.98 Å². The highest BCUT2D eigenvalue weighted by molar-refractivity contribution is 6.32. The van der Waals surface area contributed by atoms with E-state index in [1.807, 2.05) is 0 Å². The number of carbonyl (C=O) groups excluding carboxylic acids is 1. The summed E-state index contributed by atoms with van der Waals surface area (Å²) in [7, 11) is 0. The number of aliphatic hydroxyl groups is 1. The van der Waals surface area contributed by atoms with Gasteiger partial charge in [0.2, 0.25) is 0 Å². The van der Waals surface area contributed by atoms with Crippen LogP contribution in [0.25, 0.3) is 0 Å². The van der Waals surface area contributed by atoms with Crippen molar-refractivity contribution in [3.05, 3.63) is 33.1 Å². The highest BCUT2D eigenvalue weighted by Crippen LogP contribution is 2.23. The maximum absolute atomic E-state index is 12.3. The first-order valence-electron chi connectivity index (χ1n) is 6.23. The molecule has 2 rings (SSSR count). The van der Waals surface area contributed by atoms with Gasteiger partial charge < -0.3 is 10.0 Å². The van der Waals surface area contributed by atoms with Crippen LogP contribution < -0.4 is 0 Å². The molecule has 108 valence electrons. The Morgan fingerprint density at radius 2 is 2.20 bits per heavy atom. The van der Waals surface area contributed by atoms with E-state index < -0.39 is 4.92 Å². The molecule has 1 aromatic rings. The zero-order chi connectivity index (χ0) is 14.7. The molecule has 20 heavy (non-hydrogen) atoms. The first kappa shape index (κ1) is 14.7. The standard InChI is InChI=1S/C12H14ClN3O4/c13-11-10(5-9(6-14-11)16(19)20)12(18)15-3-1-8(7-17)2-4-15/h5-6,8,17H,1-4,7H2. The number of hydrogen-bond acceptors (Lipinski definition) is 5. The Balaban J connectivity index is 2.17. The average molecular weight is 300 g/mol. The fourth-order valence-corrected chi connectivity index (χ4v) is 2.36. The van der Waals surface area contributed by atoms with Crippen molar-refractivity contribution in [1.29, 1.82) is 0 Å². The molecule has 7 nitrogen and oxygen atoms in total. The highest BCUT2D eigenvalue weighted by atomic mass is 35.5. The van der Waals surface area contributed by atoms with Gasteiger partial charge in [0, 0.05) is 25.8 Å². The monoisotopic (exact) mass is 299 g/mol. The number of halogens is 1. The van der Waals surface area contributed by atoms with Gasteiger partial charge in [-0.1, -0.05) is 11.6 Å². The van der Waals surface area contributed by atoms with E-state index in [-0.39, 0.29) is 34.8 Å². The summed E-state index contributed by atoms with van der Waals surface area (Å²) in [6.07, 6.45) is 2.45. The summed E-state index contributed by atoms with van der Waals surface area (Å²) >= 11 is 5.85. The van der Waals surface area contributed by atoms with Gasteiger partial charge in [0.1, 0.15) is 11.3 Å². The fraction of sp³-hybridized carbons (Fsp3) is 0.500. The van der Waals surface area contributed by atoms with Crippen molar-refractivity contribution in [3.63, 3.8) is 0 Å². The van der Waals surface area contributed by atoms with E-state index in [0.717, 1.165) is 12.3 Å². The molecule has 2 heterocycles. The molecule has 1 N–H and O–H groups in total. The lowest BCUT2D eigenvalue weighted by molar-refractivity contribution is -0.385. The molecule has 0 spiro atoms. The van der Waals surface area contributed by atoms with Crippen molar-refractivity contribution in [2.45, 2.75) is 12.8 Å². The molecular formula is C12H14ClN3O4. The number of carbonyl (C=O) groups is 1. The number of nitro groups is 1. The lowest BCUT2D eigenvalue weighted by Crippen LogP contribution is -2.39. The van der Waals surface area contributed by atoms with Crippen LogP contribution in [0.15, 0.2) is 12.3 Å². The van der Waals surface area contributed by atoms with Crippen LogP contribution in [-0.2, 0) is 0 Å². The largest absolute Gasteiger partial charge is 0.396 e. The summed E-state index contributed by atoms with van der Waals surface area (Å²) in [6.45, 7) is 1.12. The molecule has 0 aliphatic carbocycles. The van der Waals surface area contributed by atoms with E-state index in [9.17, 15) is 14.9 Å². The Hall–Kier alpha value is -1.73. The minimum absolute atomic E-state index is 0.0371. The highest BCUT2D eigenvalue weighted by Gasteiger charge is 2.26. The molecule has 8 heteroatoms. The Kier molecular flexibility index (Phi) is 4.51. The molecule has 1 aliphatic rings. The van der Waals surface area contributed by atoms with E-state index in [1.54, 1.807) is 4.90 Å². The Labute approximate surface area is 120 Å². The maximum Gasteiger partial charge on any atom is 0.288 e. The van der Waals surface area contributed by atoms with Gasteiger partial charge >= 0.3 is 0 Å². The van der Waals surface area contributed by atoms with Crippen molar-refractivity contribution in [1.82, 2.24) is 9.88 Å². The van der Waals surface area contributed by atoms with Gasteiger partial charge in [-0.3, -0.25) is 14.9 Å². The normalized spacial score (nSPS) is 16.2. The molecule has 0 saturated carbocycles. The molecule has 0 unspecified atom stereocenters. The third-order valence-electron chi connectivity index (χ3n) is 3.43. The lowest BCUT2D eigenvalue weighted by atomic mass is 9.97. The van der Waals surface area contributed by atoms with Gasteiger partial charge in [0.05, 0.1) is 10.5 Å². The van der Waals surface area contributed by atoms with E-state index in [0.29, 0.717) is 25.9 Å². The minimum Gasteiger partial charge on any atom is -0.396 e. The zero-order valence-electron chi connectivity index (χ0n) is 10.7. The van der Waals surface area contributed by atoms with Crippen molar-refractivity contribution in [2.75, 3.05) is 19.7 Å². The van der Waals surface area contributed by atoms with Crippen LogP contribution in [-0.4, -0.2) is 45.5 Å². The molecule has 1 aliphatic heterocycles. The average Bonchev–Trinajstić information content (AvgIpc) is 2.47. The number of pyridine rings is 1. The number of rotatable bonds is 3. The van der Waals surface area contributed by atoms with Gasteiger partial charge in [0.15, 0.2) is 0 Å². The summed E-state index contributed by atoms with van der Waals surface area (Å²) in [5, 5.41) is 19.7. The SMILES string of the molecule is O=C(c1cc([N+](=O)[O-])cnc1Cl)N1CCC(CO)CC1. The van der Waals surface area contributed by atoms with Crippen molar-refractivity contribution >= 4 is 23.2 Å². The van der Waals surface area contributed by atoms with Gasteiger partial charge in [0.25, 0.3) is 11.6 Å². The number of likely N-dealkylation sites (tertiary alicyclic amines) is 1. The van der Waals surface area contributed by atoms with Crippen molar-refractivity contribution < 1.29 is 14.8 Å². The number of piperidine rings is 1. The second-order valence-corrected chi connectivity index (χ2v) is 5.07. The van der Waals surface area contributed by atoms with Gasteiger partial charge in [-0.05, 0) is 18.8 Å². The van der Waals surface area contributed by atoms with Crippen LogP contribution >= 0.6 is 11.6 Å². The fourth-order valence-electron chi connectivity index (χ4n) is 2.18. The lowest BCUT2D eigenvalue weighted by Gasteiger charge is -2.31. The Morgan fingerprint density at radius 3 is 2.75 bits per heavy atom. The third-order valence-corrected chi connectivity index (χ3v) is 3.73. The topological polar surface area (TPSA) is 96.6 Å². The third kappa shape index (κ3) is 3.05. The number of aliphatic hydroxyl groups excluding tert-OH is 1. The molecule has 0 radical (unpaired) electrons. The molecule has 0 atom stereocenters. The number of nitrogens with zero attached hydrogens (tertiary/aromatic N) is 3. The molecule has 1 amide bonds. The van der Waals surface area contributed by atoms with Crippen LogP contribution in [0.2, 0.25) is 5.15 Å². The van der Waals surface area contributed by atoms with Crippen LogP contribution in [0, 0.1) is 16.0 Å². The summed E-state index contributed by atoms with van der Waals surface area (Å²) in [4.78, 5) is 27.7. The summed E-state index contributed by atoms with van der Waals surface area (Å²) in [6, 6.07) is 1.15. The number of amides is 1. The molecule has 1 aromatic heterocycles. The van der Waals surface area contributed by atoms with Crippen molar-refractivity contribution in [3.8, 4) is 0 Å². The van der Waals surface area contributed by atoms with Gasteiger partial charge in [-0.25, -0.2) is 4.98 Å². The van der Waals surface area contributed by atoms with E-state index in [4.69, 9.17) is 16.7 Å². The van der Waals surface area contributed by atoms with Gasteiger partial charge in [-0.15, -0.1) is 0 Å². The molecule has 0 aromatic carbocycles. The van der Waals surface area contributed by atoms with Crippen LogP contribution in [0.5, 0.6) is 0 Å². The van der Waals surface area contributed by atoms with Crippen molar-refractivity contribution in [2.24, 2.45) is 5.92 Å². The number of hydrogen-bond donors (Lipinski definition) is 1. The molecule has 0 bridgehead atoms.